The van der Waals surface area contributed by atoms with Crippen LogP contribution >= 0.6 is 11.6 Å². The summed E-state index contributed by atoms with van der Waals surface area (Å²) in [5.41, 5.74) is -0.561. The molecule has 1 atom stereocenters. The zero-order chi connectivity index (χ0) is 29.0. The molecule has 40 heavy (non-hydrogen) atoms. The van der Waals surface area contributed by atoms with E-state index in [9.17, 15) is 23.2 Å². The summed E-state index contributed by atoms with van der Waals surface area (Å²) < 4.78 is 35.3. The van der Waals surface area contributed by atoms with Gasteiger partial charge in [0.2, 0.25) is 5.91 Å². The van der Waals surface area contributed by atoms with E-state index in [1.54, 1.807) is 57.2 Å². The first-order chi connectivity index (χ1) is 18.9. The second kappa shape index (κ2) is 11.8. The Morgan fingerprint density at radius 2 is 1.70 bits per heavy atom. The minimum Gasteiger partial charge on any atom is -0.456 e. The molecule has 1 amide bonds. The van der Waals surface area contributed by atoms with Gasteiger partial charge in [0.05, 0.1) is 22.3 Å². The molecule has 0 aliphatic heterocycles. The lowest BCUT2D eigenvalue weighted by Gasteiger charge is -2.20. The minimum absolute atomic E-state index is 0.106. The summed E-state index contributed by atoms with van der Waals surface area (Å²) in [5, 5.41) is 6.54. The number of anilines is 1. The summed E-state index contributed by atoms with van der Waals surface area (Å²) in [6.07, 6.45) is 1.22. The number of carbonyl (C=O) groups excluding carboxylic acids is 2. The van der Waals surface area contributed by atoms with E-state index in [1.807, 2.05) is 6.07 Å². The summed E-state index contributed by atoms with van der Waals surface area (Å²) in [7, 11) is 0. The third-order valence-corrected chi connectivity index (χ3v) is 6.11. The molecule has 0 fully saturated rings. The predicted octanol–water partition coefficient (Wildman–Crippen LogP) is 6.22. The highest BCUT2D eigenvalue weighted by Gasteiger charge is 2.25. The zero-order valence-corrected chi connectivity index (χ0v) is 22.7. The molecule has 1 N–H and O–H groups in total. The Labute approximate surface area is 234 Å². The number of carbonyl (C=O) groups is 2. The van der Waals surface area contributed by atoms with E-state index < -0.39 is 46.3 Å². The average molecular weight is 566 g/mol. The molecular formula is C30H26ClF2N3O4. The van der Waals surface area contributed by atoms with Crippen molar-refractivity contribution in [3.63, 3.8) is 0 Å². The van der Waals surface area contributed by atoms with Crippen LogP contribution in [0.25, 0.3) is 11.1 Å². The van der Waals surface area contributed by atoms with Crippen molar-refractivity contribution >= 4 is 29.2 Å². The Balaban J connectivity index is 1.64. The van der Waals surface area contributed by atoms with Gasteiger partial charge in [0, 0.05) is 23.7 Å². The van der Waals surface area contributed by atoms with Gasteiger partial charge in [-0.05, 0) is 62.7 Å². The molecule has 0 saturated heterocycles. The van der Waals surface area contributed by atoms with Gasteiger partial charge in [-0.3, -0.25) is 9.59 Å². The molecular weight excluding hydrogens is 540 g/mol. The number of hydrogen-bond donors (Lipinski definition) is 1. The fourth-order valence-corrected chi connectivity index (χ4v) is 4.12. The molecule has 4 rings (SSSR count). The van der Waals surface area contributed by atoms with Crippen LogP contribution in [0.4, 0.5) is 14.5 Å². The van der Waals surface area contributed by atoms with Crippen LogP contribution in [0.1, 0.15) is 42.7 Å². The van der Waals surface area contributed by atoms with Crippen molar-refractivity contribution in [2.24, 2.45) is 0 Å². The molecule has 0 aliphatic carbocycles. The van der Waals surface area contributed by atoms with Gasteiger partial charge in [0.15, 0.2) is 5.82 Å². The second-order valence-corrected chi connectivity index (χ2v) is 10.4. The summed E-state index contributed by atoms with van der Waals surface area (Å²) >= 11 is 5.80. The van der Waals surface area contributed by atoms with E-state index in [0.29, 0.717) is 11.3 Å². The average Bonchev–Trinajstić information content (AvgIpc) is 2.90. The van der Waals surface area contributed by atoms with Crippen LogP contribution < -0.4 is 10.9 Å². The van der Waals surface area contributed by atoms with Crippen molar-refractivity contribution in [1.29, 1.82) is 0 Å². The number of ether oxygens (including phenoxy) is 1. The van der Waals surface area contributed by atoms with Crippen LogP contribution in [0.3, 0.4) is 0 Å². The molecule has 4 aromatic rings. The number of halogens is 3. The highest BCUT2D eigenvalue weighted by Crippen LogP contribution is 2.29. The van der Waals surface area contributed by atoms with Gasteiger partial charge in [-0.25, -0.2) is 18.3 Å². The van der Waals surface area contributed by atoms with Crippen molar-refractivity contribution in [3.05, 3.63) is 117 Å². The molecule has 10 heteroatoms. The number of esters is 1. The maximum Gasteiger partial charge on any atom is 0.338 e. The van der Waals surface area contributed by atoms with Gasteiger partial charge in [-0.1, -0.05) is 41.9 Å². The van der Waals surface area contributed by atoms with E-state index in [1.165, 1.54) is 12.1 Å². The summed E-state index contributed by atoms with van der Waals surface area (Å²) in [6.45, 7) is 5.28. The van der Waals surface area contributed by atoms with Crippen molar-refractivity contribution in [2.45, 2.75) is 38.8 Å². The number of nitrogens with zero attached hydrogens (tertiary/aromatic N) is 2. The SMILES string of the molecule is CC(C)(C)OC(=O)c1ccc(NC(=O)[C@H](Cc2ccccc2)n2ncc(-c3c(F)ccc(Cl)c3F)cc2=O)cc1. The number of benzene rings is 3. The summed E-state index contributed by atoms with van der Waals surface area (Å²) in [5.74, 6) is -2.99. The highest BCUT2D eigenvalue weighted by atomic mass is 35.5. The lowest BCUT2D eigenvalue weighted by Crippen LogP contribution is -2.36. The van der Waals surface area contributed by atoms with Crippen molar-refractivity contribution < 1.29 is 23.1 Å². The molecule has 206 valence electrons. The molecule has 0 saturated carbocycles. The maximum atomic E-state index is 14.6. The second-order valence-electron chi connectivity index (χ2n) is 10.0. The van der Waals surface area contributed by atoms with Crippen molar-refractivity contribution in [2.75, 3.05) is 5.32 Å². The van der Waals surface area contributed by atoms with Gasteiger partial charge in [-0.2, -0.15) is 5.10 Å². The van der Waals surface area contributed by atoms with Gasteiger partial charge < -0.3 is 10.1 Å². The first-order valence-corrected chi connectivity index (χ1v) is 12.7. The van der Waals surface area contributed by atoms with Crippen molar-refractivity contribution in [3.8, 4) is 11.1 Å². The van der Waals surface area contributed by atoms with Crippen LogP contribution in [-0.4, -0.2) is 27.3 Å². The molecule has 0 bridgehead atoms. The van der Waals surface area contributed by atoms with E-state index >= 15 is 0 Å². The number of aromatic nitrogens is 2. The molecule has 0 spiro atoms. The van der Waals surface area contributed by atoms with Gasteiger partial charge in [0.25, 0.3) is 5.56 Å². The quantitative estimate of drug-likeness (QED) is 0.212. The first kappa shape index (κ1) is 28.6. The van der Waals surface area contributed by atoms with Crippen molar-refractivity contribution in [1.82, 2.24) is 9.78 Å². The normalized spacial score (nSPS) is 12.1. The van der Waals surface area contributed by atoms with Gasteiger partial charge >= 0.3 is 5.97 Å². The Bertz CT molecular complexity index is 1600. The largest absolute Gasteiger partial charge is 0.456 e. The number of rotatable bonds is 7. The van der Waals surface area contributed by atoms with Gasteiger partial charge in [-0.15, -0.1) is 0 Å². The molecule has 1 heterocycles. The van der Waals surface area contributed by atoms with E-state index in [2.05, 4.69) is 10.4 Å². The number of nitrogens with one attached hydrogen (secondary N) is 1. The monoisotopic (exact) mass is 565 g/mol. The maximum absolute atomic E-state index is 14.6. The summed E-state index contributed by atoms with van der Waals surface area (Å²) in [6, 6.07) is 17.1. The predicted molar refractivity (Wildman–Crippen MR) is 148 cm³/mol. The van der Waals surface area contributed by atoms with Crippen LogP contribution in [0.15, 0.2) is 83.8 Å². The fourth-order valence-electron chi connectivity index (χ4n) is 3.96. The zero-order valence-electron chi connectivity index (χ0n) is 22.0. The minimum atomic E-state index is -1.11. The van der Waals surface area contributed by atoms with Crippen LogP contribution in [0, 0.1) is 11.6 Å². The topological polar surface area (TPSA) is 90.3 Å². The first-order valence-electron chi connectivity index (χ1n) is 12.3. The molecule has 0 radical (unpaired) electrons. The lowest BCUT2D eigenvalue weighted by atomic mass is 10.0. The van der Waals surface area contributed by atoms with Crippen LogP contribution in [0.5, 0.6) is 0 Å². The molecule has 1 aromatic heterocycles. The molecule has 0 aliphatic rings. The fraction of sp³-hybridized carbons (Fsp3) is 0.200. The Hall–Kier alpha value is -4.37. The van der Waals surface area contributed by atoms with Crippen LogP contribution in [-0.2, 0) is 16.0 Å². The van der Waals surface area contributed by atoms with Gasteiger partial charge in [0.1, 0.15) is 17.5 Å². The third-order valence-electron chi connectivity index (χ3n) is 5.82. The Kier molecular flexibility index (Phi) is 8.44. The Morgan fingerprint density at radius 3 is 2.33 bits per heavy atom. The van der Waals surface area contributed by atoms with E-state index in [-0.39, 0.29) is 17.0 Å². The molecule has 7 nitrogen and oxygen atoms in total. The smallest absolute Gasteiger partial charge is 0.338 e. The van der Waals surface area contributed by atoms with Crippen LogP contribution in [0.2, 0.25) is 5.02 Å². The number of amides is 1. The Morgan fingerprint density at radius 1 is 1.02 bits per heavy atom. The van der Waals surface area contributed by atoms with E-state index in [0.717, 1.165) is 34.6 Å². The third kappa shape index (κ3) is 6.79. The molecule has 3 aromatic carbocycles. The van der Waals surface area contributed by atoms with E-state index in [4.69, 9.17) is 16.3 Å². The summed E-state index contributed by atoms with van der Waals surface area (Å²) in [4.78, 5) is 38.9. The molecule has 0 unspecified atom stereocenters. The number of hydrogen-bond acceptors (Lipinski definition) is 5. The standard InChI is InChI=1S/C30H26ClF2N3O4/c1-30(2,3)40-29(39)19-9-11-21(12-10-19)35-28(38)24(15-18-7-5-4-6-8-18)36-25(37)16-20(17-34-36)26-23(32)14-13-22(31)27(26)33/h4-14,16-17,24H,15H2,1-3H3,(H,35,38)/t24-/m0/s1. The lowest BCUT2D eigenvalue weighted by molar-refractivity contribution is -0.119. The highest BCUT2D eigenvalue weighted by molar-refractivity contribution is 6.31.